The van der Waals surface area contributed by atoms with E-state index in [0.29, 0.717) is 23.6 Å². The topological polar surface area (TPSA) is 50.8 Å². The van der Waals surface area contributed by atoms with E-state index < -0.39 is 0 Å². The van der Waals surface area contributed by atoms with Gasteiger partial charge in [-0.05, 0) is 75.2 Å². The summed E-state index contributed by atoms with van der Waals surface area (Å²) in [6, 6.07) is 13.7. The lowest BCUT2D eigenvalue weighted by Crippen LogP contribution is -2.24. The van der Waals surface area contributed by atoms with Crippen molar-refractivity contribution in [2.24, 2.45) is 0 Å². The smallest absolute Gasteiger partial charge is 0.251 e. The third-order valence-electron chi connectivity index (χ3n) is 5.36. The Morgan fingerprint density at radius 3 is 2.27 bits per heavy atom. The number of amides is 1. The molecule has 1 saturated heterocycles. The van der Waals surface area contributed by atoms with Crippen LogP contribution in [0.5, 0.6) is 11.5 Å². The van der Waals surface area contributed by atoms with E-state index in [0.717, 1.165) is 12.1 Å². The van der Waals surface area contributed by atoms with Gasteiger partial charge in [0, 0.05) is 18.7 Å². The Morgan fingerprint density at radius 2 is 1.63 bits per heavy atom. The average molecular weight is 411 g/mol. The Labute approximate surface area is 180 Å². The van der Waals surface area contributed by atoms with Gasteiger partial charge in [0.25, 0.3) is 5.91 Å². The van der Waals surface area contributed by atoms with Gasteiger partial charge in [-0.1, -0.05) is 31.0 Å². The largest absolute Gasteiger partial charge is 0.493 e. The molecule has 0 atom stereocenters. The molecule has 162 valence electrons. The fourth-order valence-electron chi connectivity index (χ4n) is 3.77. The minimum atomic E-state index is -0.0715. The van der Waals surface area contributed by atoms with E-state index in [9.17, 15) is 4.79 Å². The van der Waals surface area contributed by atoms with Crippen LogP contribution in [0.3, 0.4) is 0 Å². The fourth-order valence-corrected chi connectivity index (χ4v) is 3.77. The van der Waals surface area contributed by atoms with Crippen LogP contribution in [0, 0.1) is 0 Å². The van der Waals surface area contributed by atoms with Crippen LogP contribution in [0.2, 0.25) is 0 Å². The quantitative estimate of drug-likeness (QED) is 0.680. The monoisotopic (exact) mass is 410 g/mol. The van der Waals surface area contributed by atoms with Crippen molar-refractivity contribution in [3.8, 4) is 11.5 Å². The Hall–Kier alpha value is -2.53. The molecular weight excluding hydrogens is 376 g/mol. The zero-order chi connectivity index (χ0) is 21.3. The number of nitrogens with one attached hydrogen (secondary N) is 1. The Balaban J connectivity index is 1.54. The molecule has 0 aliphatic carbocycles. The summed E-state index contributed by atoms with van der Waals surface area (Å²) < 4.78 is 11.2. The Bertz CT molecular complexity index is 810. The van der Waals surface area contributed by atoms with Crippen molar-refractivity contribution in [1.29, 1.82) is 0 Å². The lowest BCUT2D eigenvalue weighted by molar-refractivity contribution is 0.0951. The zero-order valence-corrected chi connectivity index (χ0v) is 18.4. The highest BCUT2D eigenvalue weighted by atomic mass is 16.5. The van der Waals surface area contributed by atoms with Crippen LogP contribution in [0.1, 0.15) is 61.0 Å². The van der Waals surface area contributed by atoms with E-state index in [-0.39, 0.29) is 12.0 Å². The molecule has 2 aromatic carbocycles. The molecule has 5 nitrogen and oxygen atoms in total. The molecule has 3 rings (SSSR count). The first-order chi connectivity index (χ1) is 14.5. The molecule has 5 heteroatoms. The van der Waals surface area contributed by atoms with Crippen molar-refractivity contribution in [2.45, 2.75) is 58.7 Å². The molecule has 0 aromatic heterocycles. The number of carbonyl (C=O) groups is 1. The summed E-state index contributed by atoms with van der Waals surface area (Å²) in [6.45, 7) is 7.71. The van der Waals surface area contributed by atoms with E-state index in [1.165, 1.54) is 44.3 Å². The third-order valence-corrected chi connectivity index (χ3v) is 5.36. The highest BCUT2D eigenvalue weighted by Crippen LogP contribution is 2.29. The van der Waals surface area contributed by atoms with E-state index in [4.69, 9.17) is 9.47 Å². The van der Waals surface area contributed by atoms with Crippen LogP contribution in [-0.2, 0) is 13.1 Å². The highest BCUT2D eigenvalue weighted by molar-refractivity contribution is 5.94. The second-order valence-electron chi connectivity index (χ2n) is 8.22. The van der Waals surface area contributed by atoms with Crippen molar-refractivity contribution < 1.29 is 14.3 Å². The van der Waals surface area contributed by atoms with Crippen LogP contribution in [0.4, 0.5) is 0 Å². The predicted octanol–water partition coefficient (Wildman–Crippen LogP) is 4.79. The average Bonchev–Trinajstić information content (AvgIpc) is 3.01. The fraction of sp³-hybridized carbons (Fsp3) is 0.480. The van der Waals surface area contributed by atoms with Crippen molar-refractivity contribution >= 4 is 5.91 Å². The van der Waals surface area contributed by atoms with E-state index >= 15 is 0 Å². The van der Waals surface area contributed by atoms with Crippen molar-refractivity contribution in [1.82, 2.24) is 10.2 Å². The summed E-state index contributed by atoms with van der Waals surface area (Å²) in [6.07, 6.45) is 5.34. The first-order valence-electron chi connectivity index (χ1n) is 11.0. The molecule has 0 radical (unpaired) electrons. The van der Waals surface area contributed by atoms with Crippen LogP contribution in [0.15, 0.2) is 42.5 Å². The molecule has 30 heavy (non-hydrogen) atoms. The van der Waals surface area contributed by atoms with E-state index in [1.807, 2.05) is 44.2 Å². The first kappa shape index (κ1) is 22.2. The third kappa shape index (κ3) is 6.49. The van der Waals surface area contributed by atoms with Crippen LogP contribution in [-0.4, -0.2) is 37.1 Å². The number of hydrogen-bond donors (Lipinski definition) is 1. The predicted molar refractivity (Wildman–Crippen MR) is 120 cm³/mol. The van der Waals surface area contributed by atoms with Gasteiger partial charge < -0.3 is 14.8 Å². The second kappa shape index (κ2) is 11.0. The van der Waals surface area contributed by atoms with Gasteiger partial charge in [0.15, 0.2) is 11.5 Å². The second-order valence-corrected chi connectivity index (χ2v) is 8.22. The SMILES string of the molecule is COc1cc(CNC(=O)c2ccc(CN3CCCCCC3)cc2)ccc1OC(C)C. The maximum absolute atomic E-state index is 12.6. The normalized spacial score (nSPS) is 14.9. The Morgan fingerprint density at radius 1 is 0.967 bits per heavy atom. The molecule has 1 aliphatic rings. The van der Waals surface area contributed by atoms with Gasteiger partial charge in [-0.15, -0.1) is 0 Å². The molecule has 0 saturated carbocycles. The summed E-state index contributed by atoms with van der Waals surface area (Å²) in [5, 5.41) is 2.99. The maximum Gasteiger partial charge on any atom is 0.251 e. The van der Waals surface area contributed by atoms with Gasteiger partial charge >= 0.3 is 0 Å². The first-order valence-corrected chi connectivity index (χ1v) is 11.0. The molecule has 1 fully saturated rings. The van der Waals surface area contributed by atoms with E-state index in [2.05, 4.69) is 22.3 Å². The van der Waals surface area contributed by atoms with Gasteiger partial charge in [0.1, 0.15) is 0 Å². The molecular formula is C25H34N2O3. The van der Waals surface area contributed by atoms with Gasteiger partial charge in [-0.25, -0.2) is 0 Å². The van der Waals surface area contributed by atoms with Crippen LogP contribution in [0.25, 0.3) is 0 Å². The van der Waals surface area contributed by atoms with Crippen LogP contribution >= 0.6 is 0 Å². The summed E-state index contributed by atoms with van der Waals surface area (Å²) in [5.41, 5.74) is 2.91. The molecule has 1 heterocycles. The van der Waals surface area contributed by atoms with Gasteiger partial charge in [-0.3, -0.25) is 9.69 Å². The van der Waals surface area contributed by atoms with Gasteiger partial charge in [-0.2, -0.15) is 0 Å². The summed E-state index contributed by atoms with van der Waals surface area (Å²) in [7, 11) is 1.62. The van der Waals surface area contributed by atoms with Gasteiger partial charge in [0.2, 0.25) is 0 Å². The zero-order valence-electron chi connectivity index (χ0n) is 18.4. The summed E-state index contributed by atoms with van der Waals surface area (Å²) in [4.78, 5) is 15.1. The number of carbonyl (C=O) groups excluding carboxylic acids is 1. The minimum absolute atomic E-state index is 0.0715. The summed E-state index contributed by atoms with van der Waals surface area (Å²) in [5.74, 6) is 1.31. The number of rotatable bonds is 8. The number of methoxy groups -OCH3 is 1. The van der Waals surface area contributed by atoms with E-state index in [1.54, 1.807) is 7.11 Å². The van der Waals surface area contributed by atoms with Crippen molar-refractivity contribution in [3.05, 3.63) is 59.2 Å². The summed E-state index contributed by atoms with van der Waals surface area (Å²) >= 11 is 0. The molecule has 0 spiro atoms. The van der Waals surface area contributed by atoms with Gasteiger partial charge in [0.05, 0.1) is 13.2 Å². The molecule has 1 amide bonds. The standard InChI is InChI=1S/C25H34N2O3/c1-19(2)30-23-13-10-21(16-24(23)29-3)17-26-25(28)22-11-8-20(9-12-22)18-27-14-6-4-5-7-15-27/h8-13,16,19H,4-7,14-15,17-18H2,1-3H3,(H,26,28). The molecule has 0 unspecified atom stereocenters. The van der Waals surface area contributed by atoms with Crippen molar-refractivity contribution in [2.75, 3.05) is 20.2 Å². The van der Waals surface area contributed by atoms with Crippen LogP contribution < -0.4 is 14.8 Å². The molecule has 1 aliphatic heterocycles. The highest BCUT2D eigenvalue weighted by Gasteiger charge is 2.12. The van der Waals surface area contributed by atoms with Crippen molar-refractivity contribution in [3.63, 3.8) is 0 Å². The molecule has 0 bridgehead atoms. The molecule has 2 aromatic rings. The minimum Gasteiger partial charge on any atom is -0.493 e. The lowest BCUT2D eigenvalue weighted by atomic mass is 10.1. The lowest BCUT2D eigenvalue weighted by Gasteiger charge is -2.19. The number of ether oxygens (including phenoxy) is 2. The maximum atomic E-state index is 12.6. The number of benzene rings is 2. The molecule has 1 N–H and O–H groups in total. The number of hydrogen-bond acceptors (Lipinski definition) is 4. The number of likely N-dealkylation sites (tertiary alicyclic amines) is 1. The Kier molecular flexibility index (Phi) is 8.14. The number of nitrogens with zero attached hydrogens (tertiary/aromatic N) is 1.